The molecule has 0 saturated carbocycles. The monoisotopic (exact) mass is 351 g/mol. The number of aliphatic hydroxyl groups excluding tert-OH is 1. The van der Waals surface area contributed by atoms with Crippen molar-refractivity contribution in [2.24, 2.45) is 0 Å². The highest BCUT2D eigenvalue weighted by atomic mass is 16.5. The summed E-state index contributed by atoms with van der Waals surface area (Å²) >= 11 is 0. The zero-order valence-electron chi connectivity index (χ0n) is 14.8. The molecular weight excluding hydrogens is 330 g/mol. The Balaban J connectivity index is 1.74. The van der Waals surface area contributed by atoms with Crippen LogP contribution < -0.4 is 0 Å². The van der Waals surface area contributed by atoms with Crippen LogP contribution in [0.5, 0.6) is 0 Å². The smallest absolute Gasteiger partial charge is 0.254 e. The molecule has 6 heteroatoms. The van der Waals surface area contributed by atoms with Crippen LogP contribution in [0.2, 0.25) is 0 Å². The number of aryl methyl sites for hydroxylation is 1. The standard InChI is InChI=1S/C20H21N3O3/c1-3-19-21-18(22-26-19)12-23(2)20(25)15-10-8-14(9-11-15)17-7-5-4-6-16(17)13-24/h4-11,24H,3,12-13H2,1-2H3. The predicted molar refractivity (Wildman–Crippen MR) is 97.3 cm³/mol. The maximum absolute atomic E-state index is 12.6. The van der Waals surface area contributed by atoms with Crippen LogP contribution in [-0.2, 0) is 19.6 Å². The van der Waals surface area contributed by atoms with Gasteiger partial charge in [0.1, 0.15) is 0 Å². The lowest BCUT2D eigenvalue weighted by Crippen LogP contribution is -2.26. The molecule has 0 bridgehead atoms. The zero-order chi connectivity index (χ0) is 18.5. The lowest BCUT2D eigenvalue weighted by atomic mass is 9.99. The number of carbonyl (C=O) groups is 1. The van der Waals surface area contributed by atoms with Crippen LogP contribution >= 0.6 is 0 Å². The van der Waals surface area contributed by atoms with Crippen molar-refractivity contribution in [3.63, 3.8) is 0 Å². The van der Waals surface area contributed by atoms with Gasteiger partial charge < -0.3 is 14.5 Å². The van der Waals surface area contributed by atoms with Crippen LogP contribution in [0.25, 0.3) is 11.1 Å². The second-order valence-corrected chi connectivity index (χ2v) is 6.01. The molecule has 0 atom stereocenters. The van der Waals surface area contributed by atoms with Gasteiger partial charge in [-0.2, -0.15) is 4.98 Å². The third-order valence-corrected chi connectivity index (χ3v) is 4.17. The van der Waals surface area contributed by atoms with Gasteiger partial charge in [-0.25, -0.2) is 0 Å². The van der Waals surface area contributed by atoms with E-state index in [1.165, 1.54) is 0 Å². The maximum Gasteiger partial charge on any atom is 0.254 e. The van der Waals surface area contributed by atoms with Crippen molar-refractivity contribution < 1.29 is 14.4 Å². The number of aliphatic hydroxyl groups is 1. The van der Waals surface area contributed by atoms with Crippen LogP contribution in [0.4, 0.5) is 0 Å². The van der Waals surface area contributed by atoms with Crippen LogP contribution in [0.1, 0.15) is 34.6 Å². The quantitative estimate of drug-likeness (QED) is 0.738. The van der Waals surface area contributed by atoms with Crippen LogP contribution in [0, 0.1) is 0 Å². The first-order chi connectivity index (χ1) is 12.6. The van der Waals surface area contributed by atoms with E-state index in [4.69, 9.17) is 4.52 Å². The van der Waals surface area contributed by atoms with Crippen molar-refractivity contribution in [1.29, 1.82) is 0 Å². The summed E-state index contributed by atoms with van der Waals surface area (Å²) in [6.45, 7) is 2.20. The molecule has 0 fully saturated rings. The van der Waals surface area contributed by atoms with E-state index >= 15 is 0 Å². The number of benzene rings is 2. The first kappa shape index (κ1) is 17.8. The van der Waals surface area contributed by atoms with Gasteiger partial charge in [0.15, 0.2) is 5.82 Å². The summed E-state index contributed by atoms with van der Waals surface area (Å²) in [5.41, 5.74) is 3.35. The molecular formula is C20H21N3O3. The van der Waals surface area contributed by atoms with E-state index in [2.05, 4.69) is 10.1 Å². The molecule has 2 aromatic carbocycles. The Morgan fingerprint density at radius 3 is 2.54 bits per heavy atom. The fraction of sp³-hybridized carbons (Fsp3) is 0.250. The largest absolute Gasteiger partial charge is 0.392 e. The second-order valence-electron chi connectivity index (χ2n) is 6.01. The minimum atomic E-state index is -0.116. The Kier molecular flexibility index (Phi) is 5.43. The molecule has 1 amide bonds. The third kappa shape index (κ3) is 3.81. The number of amides is 1. The zero-order valence-corrected chi connectivity index (χ0v) is 14.8. The molecule has 0 aliphatic heterocycles. The molecule has 134 valence electrons. The van der Waals surface area contributed by atoms with Crippen molar-refractivity contribution in [2.75, 3.05) is 7.05 Å². The minimum absolute atomic E-state index is 0.0238. The molecule has 3 aromatic rings. The van der Waals surface area contributed by atoms with E-state index in [9.17, 15) is 9.90 Å². The fourth-order valence-electron chi connectivity index (χ4n) is 2.73. The molecule has 0 aliphatic carbocycles. The van der Waals surface area contributed by atoms with Gasteiger partial charge in [-0.3, -0.25) is 4.79 Å². The maximum atomic E-state index is 12.6. The number of carbonyl (C=O) groups excluding carboxylic acids is 1. The van der Waals surface area contributed by atoms with Crippen LogP contribution in [0.15, 0.2) is 53.1 Å². The Morgan fingerprint density at radius 1 is 1.15 bits per heavy atom. The fourth-order valence-corrected chi connectivity index (χ4v) is 2.73. The van der Waals surface area contributed by atoms with E-state index < -0.39 is 0 Å². The van der Waals surface area contributed by atoms with Gasteiger partial charge in [0.2, 0.25) is 5.89 Å². The van der Waals surface area contributed by atoms with Gasteiger partial charge >= 0.3 is 0 Å². The number of rotatable bonds is 6. The molecule has 1 N–H and O–H groups in total. The van der Waals surface area contributed by atoms with Crippen molar-refractivity contribution in [2.45, 2.75) is 26.5 Å². The lowest BCUT2D eigenvalue weighted by Gasteiger charge is -2.15. The van der Waals surface area contributed by atoms with Crippen molar-refractivity contribution in [3.8, 4) is 11.1 Å². The number of nitrogens with zero attached hydrogens (tertiary/aromatic N) is 3. The molecule has 26 heavy (non-hydrogen) atoms. The van der Waals surface area contributed by atoms with Crippen molar-refractivity contribution in [1.82, 2.24) is 15.0 Å². The third-order valence-electron chi connectivity index (χ3n) is 4.17. The van der Waals surface area contributed by atoms with E-state index in [1.54, 1.807) is 24.1 Å². The van der Waals surface area contributed by atoms with Gasteiger partial charge in [0, 0.05) is 19.0 Å². The highest BCUT2D eigenvalue weighted by Gasteiger charge is 2.15. The number of hydrogen-bond donors (Lipinski definition) is 1. The highest BCUT2D eigenvalue weighted by Crippen LogP contribution is 2.24. The molecule has 0 unspecified atom stereocenters. The average Bonchev–Trinajstić information content (AvgIpc) is 3.15. The second kappa shape index (κ2) is 7.93. The lowest BCUT2D eigenvalue weighted by molar-refractivity contribution is 0.0780. The van der Waals surface area contributed by atoms with Gasteiger partial charge in [-0.1, -0.05) is 48.5 Å². The Bertz CT molecular complexity index is 887. The van der Waals surface area contributed by atoms with Gasteiger partial charge in [-0.15, -0.1) is 0 Å². The Hall–Kier alpha value is -2.99. The molecule has 0 spiro atoms. The van der Waals surface area contributed by atoms with E-state index in [0.717, 1.165) is 16.7 Å². The Morgan fingerprint density at radius 2 is 1.88 bits per heavy atom. The summed E-state index contributed by atoms with van der Waals surface area (Å²) < 4.78 is 5.07. The SMILES string of the molecule is CCc1nc(CN(C)C(=O)c2ccc(-c3ccccc3CO)cc2)no1. The molecule has 1 aromatic heterocycles. The summed E-state index contributed by atoms with van der Waals surface area (Å²) in [5, 5.41) is 13.3. The molecule has 0 aliphatic rings. The molecule has 0 saturated heterocycles. The van der Waals surface area contributed by atoms with Crippen LogP contribution in [0.3, 0.4) is 0 Å². The highest BCUT2D eigenvalue weighted by molar-refractivity contribution is 5.94. The average molecular weight is 351 g/mol. The van der Waals surface area contributed by atoms with E-state index in [-0.39, 0.29) is 19.1 Å². The first-order valence-corrected chi connectivity index (χ1v) is 8.48. The number of hydrogen-bond acceptors (Lipinski definition) is 5. The van der Waals surface area contributed by atoms with Crippen molar-refractivity contribution in [3.05, 3.63) is 71.4 Å². The molecule has 3 rings (SSSR count). The van der Waals surface area contributed by atoms with Crippen LogP contribution in [-0.4, -0.2) is 33.1 Å². The van der Waals surface area contributed by atoms with Crippen molar-refractivity contribution >= 4 is 5.91 Å². The Labute approximate surface area is 152 Å². The summed E-state index contributed by atoms with van der Waals surface area (Å²) in [6, 6.07) is 15.0. The first-order valence-electron chi connectivity index (χ1n) is 8.48. The summed E-state index contributed by atoms with van der Waals surface area (Å²) in [6.07, 6.45) is 0.668. The van der Waals surface area contributed by atoms with Gasteiger partial charge in [-0.05, 0) is 28.8 Å². The summed E-state index contributed by atoms with van der Waals surface area (Å²) in [5.74, 6) is 0.939. The minimum Gasteiger partial charge on any atom is -0.392 e. The van der Waals surface area contributed by atoms with Gasteiger partial charge in [0.05, 0.1) is 13.2 Å². The number of aromatic nitrogens is 2. The predicted octanol–water partition coefficient (Wildman–Crippen LogP) is 3.06. The molecule has 6 nitrogen and oxygen atoms in total. The summed E-state index contributed by atoms with van der Waals surface area (Å²) in [7, 11) is 1.71. The summed E-state index contributed by atoms with van der Waals surface area (Å²) in [4.78, 5) is 18.4. The van der Waals surface area contributed by atoms with Gasteiger partial charge in [0.25, 0.3) is 5.91 Å². The topological polar surface area (TPSA) is 79.5 Å². The van der Waals surface area contributed by atoms with E-state index in [1.807, 2.05) is 43.3 Å². The molecule has 0 radical (unpaired) electrons. The molecule has 1 heterocycles. The van der Waals surface area contributed by atoms with E-state index in [0.29, 0.717) is 23.7 Å². The normalized spacial score (nSPS) is 10.7.